The first-order chi connectivity index (χ1) is 10.1. The van der Waals surface area contributed by atoms with E-state index in [0.717, 1.165) is 5.56 Å². The van der Waals surface area contributed by atoms with Gasteiger partial charge in [0, 0.05) is 18.1 Å². The second-order valence-corrected chi connectivity index (χ2v) is 4.63. The van der Waals surface area contributed by atoms with Crippen molar-refractivity contribution in [1.29, 1.82) is 0 Å². The van der Waals surface area contributed by atoms with E-state index in [1.165, 1.54) is 6.20 Å². The fourth-order valence-corrected chi connectivity index (χ4v) is 1.93. The lowest BCUT2D eigenvalue weighted by Gasteiger charge is -2.08. The molecule has 0 unspecified atom stereocenters. The Kier molecular flexibility index (Phi) is 4.89. The molecule has 1 aromatic carbocycles. The average Bonchev–Trinajstić information content (AvgIpc) is 2.45. The van der Waals surface area contributed by atoms with E-state index in [2.05, 4.69) is 20.6 Å². The molecule has 1 aromatic heterocycles. The van der Waals surface area contributed by atoms with Crippen LogP contribution in [-0.2, 0) is 6.54 Å². The summed E-state index contributed by atoms with van der Waals surface area (Å²) in [6.45, 7) is 2.85. The Morgan fingerprint density at radius 3 is 2.86 bits per heavy atom. The van der Waals surface area contributed by atoms with E-state index >= 15 is 0 Å². The van der Waals surface area contributed by atoms with Gasteiger partial charge in [0.05, 0.1) is 4.92 Å². The van der Waals surface area contributed by atoms with Gasteiger partial charge in [0.15, 0.2) is 0 Å². The number of hydrogen-bond acceptors (Lipinski definition) is 6. The zero-order chi connectivity index (χ0) is 15.2. The fourth-order valence-electron chi connectivity index (χ4n) is 1.72. The summed E-state index contributed by atoms with van der Waals surface area (Å²) >= 11 is 5.90. The van der Waals surface area contributed by atoms with E-state index in [-0.39, 0.29) is 11.5 Å². The lowest BCUT2D eigenvalue weighted by molar-refractivity contribution is -0.384. The summed E-state index contributed by atoms with van der Waals surface area (Å²) in [7, 11) is 0. The lowest BCUT2D eigenvalue weighted by Crippen LogP contribution is -2.09. The normalized spacial score (nSPS) is 10.2. The zero-order valence-corrected chi connectivity index (χ0v) is 12.1. The summed E-state index contributed by atoms with van der Waals surface area (Å²) in [5.41, 5.74) is 0.819. The Labute approximate surface area is 126 Å². The number of aromatic nitrogens is 2. The fraction of sp³-hybridized carbons (Fsp3) is 0.231. The van der Waals surface area contributed by atoms with Crippen molar-refractivity contribution in [3.05, 3.63) is 51.2 Å². The Hall–Kier alpha value is -2.41. The topological polar surface area (TPSA) is 93.0 Å². The molecule has 0 saturated carbocycles. The third kappa shape index (κ3) is 4.03. The second-order valence-electron chi connectivity index (χ2n) is 4.20. The van der Waals surface area contributed by atoms with Gasteiger partial charge in [0.1, 0.15) is 6.20 Å². The Balaban J connectivity index is 2.13. The summed E-state index contributed by atoms with van der Waals surface area (Å²) in [5.74, 6) is 0.516. The number of hydrogen-bond donors (Lipinski definition) is 2. The maximum Gasteiger partial charge on any atom is 0.329 e. The number of anilines is 2. The van der Waals surface area contributed by atoms with E-state index in [0.29, 0.717) is 24.1 Å². The molecule has 21 heavy (non-hydrogen) atoms. The standard InChI is InChI=1S/C13H14ClN5O2/c1-2-15-12-11(19(20)21)8-17-13(18-12)16-7-9-4-3-5-10(14)6-9/h3-6,8H,2,7H2,1H3,(H2,15,16,17,18). The van der Waals surface area contributed by atoms with Crippen LogP contribution in [0.1, 0.15) is 12.5 Å². The minimum absolute atomic E-state index is 0.148. The molecule has 2 N–H and O–H groups in total. The second kappa shape index (κ2) is 6.85. The first kappa shape index (κ1) is 15.0. The Morgan fingerprint density at radius 2 is 2.19 bits per heavy atom. The van der Waals surface area contributed by atoms with Crippen LogP contribution in [0, 0.1) is 10.1 Å². The zero-order valence-electron chi connectivity index (χ0n) is 11.3. The smallest absolute Gasteiger partial charge is 0.329 e. The van der Waals surface area contributed by atoms with Gasteiger partial charge in [-0.25, -0.2) is 4.98 Å². The van der Waals surface area contributed by atoms with Crippen molar-refractivity contribution in [2.75, 3.05) is 17.2 Å². The van der Waals surface area contributed by atoms with Gasteiger partial charge >= 0.3 is 5.69 Å². The minimum Gasteiger partial charge on any atom is -0.364 e. The molecule has 0 aliphatic rings. The van der Waals surface area contributed by atoms with E-state index < -0.39 is 4.92 Å². The van der Waals surface area contributed by atoms with Gasteiger partial charge < -0.3 is 10.6 Å². The van der Waals surface area contributed by atoms with Crippen LogP contribution in [0.4, 0.5) is 17.5 Å². The highest BCUT2D eigenvalue weighted by molar-refractivity contribution is 6.30. The van der Waals surface area contributed by atoms with E-state index in [1.54, 1.807) is 6.07 Å². The van der Waals surface area contributed by atoms with E-state index in [4.69, 9.17) is 11.6 Å². The molecular weight excluding hydrogens is 294 g/mol. The van der Waals surface area contributed by atoms with Crippen LogP contribution in [0.25, 0.3) is 0 Å². The number of nitrogens with zero attached hydrogens (tertiary/aromatic N) is 3. The molecule has 0 radical (unpaired) electrons. The summed E-state index contributed by atoms with van der Waals surface area (Å²) in [6.07, 6.45) is 1.19. The van der Waals surface area contributed by atoms with Crippen molar-refractivity contribution in [3.8, 4) is 0 Å². The van der Waals surface area contributed by atoms with Gasteiger partial charge in [-0.05, 0) is 24.6 Å². The third-order valence-electron chi connectivity index (χ3n) is 2.65. The molecule has 0 aliphatic carbocycles. The molecule has 0 atom stereocenters. The third-order valence-corrected chi connectivity index (χ3v) is 2.89. The van der Waals surface area contributed by atoms with Gasteiger partial charge in [-0.3, -0.25) is 10.1 Å². The molecular formula is C13H14ClN5O2. The van der Waals surface area contributed by atoms with Crippen molar-refractivity contribution in [1.82, 2.24) is 9.97 Å². The molecule has 7 nitrogen and oxygen atoms in total. The number of nitrogens with one attached hydrogen (secondary N) is 2. The predicted molar refractivity (Wildman–Crippen MR) is 81.6 cm³/mol. The van der Waals surface area contributed by atoms with Crippen LogP contribution in [0.15, 0.2) is 30.5 Å². The number of rotatable bonds is 6. The van der Waals surface area contributed by atoms with Crippen LogP contribution >= 0.6 is 11.6 Å². The van der Waals surface area contributed by atoms with Crippen LogP contribution in [0.3, 0.4) is 0 Å². The molecule has 2 aromatic rings. The van der Waals surface area contributed by atoms with E-state index in [9.17, 15) is 10.1 Å². The van der Waals surface area contributed by atoms with Gasteiger partial charge in [-0.1, -0.05) is 23.7 Å². The molecule has 110 valence electrons. The van der Waals surface area contributed by atoms with Crippen molar-refractivity contribution in [2.45, 2.75) is 13.5 Å². The Morgan fingerprint density at radius 1 is 1.38 bits per heavy atom. The van der Waals surface area contributed by atoms with Crippen LogP contribution < -0.4 is 10.6 Å². The van der Waals surface area contributed by atoms with Gasteiger partial charge in [0.2, 0.25) is 11.8 Å². The molecule has 0 aliphatic heterocycles. The van der Waals surface area contributed by atoms with Crippen LogP contribution in [0.5, 0.6) is 0 Å². The summed E-state index contributed by atoms with van der Waals surface area (Å²) < 4.78 is 0. The number of halogens is 1. The molecule has 0 saturated heterocycles. The van der Waals surface area contributed by atoms with Gasteiger partial charge in [-0.15, -0.1) is 0 Å². The number of nitro groups is 1. The molecule has 0 fully saturated rings. The summed E-state index contributed by atoms with van der Waals surface area (Å²) in [6, 6.07) is 7.37. The molecule has 1 heterocycles. The maximum atomic E-state index is 10.9. The van der Waals surface area contributed by atoms with Crippen molar-refractivity contribution in [3.63, 3.8) is 0 Å². The van der Waals surface area contributed by atoms with Crippen LogP contribution in [-0.4, -0.2) is 21.4 Å². The van der Waals surface area contributed by atoms with E-state index in [1.807, 2.05) is 25.1 Å². The number of benzene rings is 1. The maximum absolute atomic E-state index is 10.9. The lowest BCUT2D eigenvalue weighted by atomic mass is 10.2. The molecule has 0 bridgehead atoms. The molecule has 8 heteroatoms. The monoisotopic (exact) mass is 307 g/mol. The first-order valence-corrected chi connectivity index (χ1v) is 6.71. The predicted octanol–water partition coefficient (Wildman–Crippen LogP) is 3.08. The van der Waals surface area contributed by atoms with Crippen molar-refractivity contribution in [2.24, 2.45) is 0 Å². The van der Waals surface area contributed by atoms with Crippen molar-refractivity contribution < 1.29 is 4.92 Å². The SMILES string of the molecule is CCNc1nc(NCc2cccc(Cl)c2)ncc1[N+](=O)[O-]. The quantitative estimate of drug-likeness (QED) is 0.629. The van der Waals surface area contributed by atoms with Gasteiger partial charge in [0.25, 0.3) is 0 Å². The first-order valence-electron chi connectivity index (χ1n) is 6.33. The Bertz CT molecular complexity index is 650. The largest absolute Gasteiger partial charge is 0.364 e. The average molecular weight is 308 g/mol. The minimum atomic E-state index is -0.515. The molecule has 0 spiro atoms. The van der Waals surface area contributed by atoms with Gasteiger partial charge in [-0.2, -0.15) is 4.98 Å². The molecule has 2 rings (SSSR count). The summed E-state index contributed by atoms with van der Waals surface area (Å²) in [5, 5.41) is 17.4. The molecule has 0 amide bonds. The highest BCUT2D eigenvalue weighted by Crippen LogP contribution is 2.22. The highest BCUT2D eigenvalue weighted by Gasteiger charge is 2.16. The summed E-state index contributed by atoms with van der Waals surface area (Å²) in [4.78, 5) is 18.4. The van der Waals surface area contributed by atoms with Crippen LogP contribution in [0.2, 0.25) is 5.02 Å². The van der Waals surface area contributed by atoms with Crippen molar-refractivity contribution >= 4 is 29.1 Å². The highest BCUT2D eigenvalue weighted by atomic mass is 35.5.